The summed E-state index contributed by atoms with van der Waals surface area (Å²) in [6, 6.07) is 6.25. The molecule has 0 fully saturated rings. The van der Waals surface area contributed by atoms with E-state index in [0.29, 0.717) is 23.1 Å². The Balaban J connectivity index is 2.42. The van der Waals surface area contributed by atoms with E-state index in [-0.39, 0.29) is 11.2 Å². The summed E-state index contributed by atoms with van der Waals surface area (Å²) in [6.45, 7) is 7.94. The predicted octanol–water partition coefficient (Wildman–Crippen LogP) is 3.25. The number of benzene rings is 1. The third kappa shape index (κ3) is 3.66. The van der Waals surface area contributed by atoms with E-state index in [1.165, 1.54) is 12.1 Å². The van der Waals surface area contributed by atoms with E-state index in [2.05, 4.69) is 20.7 Å². The normalized spacial score (nSPS) is 11.3. The average molecular weight is 289 g/mol. The van der Waals surface area contributed by atoms with E-state index >= 15 is 0 Å². The van der Waals surface area contributed by atoms with Crippen molar-refractivity contribution in [2.45, 2.75) is 33.1 Å². The van der Waals surface area contributed by atoms with Gasteiger partial charge in [0.25, 0.3) is 0 Å². The highest BCUT2D eigenvalue weighted by Crippen LogP contribution is 2.25. The molecular formula is C15H20FN5. The third-order valence-corrected chi connectivity index (χ3v) is 3.01. The first-order valence-corrected chi connectivity index (χ1v) is 6.69. The fourth-order valence-electron chi connectivity index (χ4n) is 1.79. The molecule has 0 aliphatic rings. The molecule has 0 bridgehead atoms. The number of nitrogens with two attached hydrogens (primary N) is 1. The van der Waals surface area contributed by atoms with Crippen molar-refractivity contribution in [3.8, 4) is 0 Å². The first kappa shape index (κ1) is 15.2. The Bertz CT molecular complexity index is 649. The van der Waals surface area contributed by atoms with Crippen LogP contribution < -0.4 is 16.6 Å². The topological polar surface area (TPSA) is 75.9 Å². The van der Waals surface area contributed by atoms with Crippen LogP contribution in [0.1, 0.15) is 32.2 Å². The zero-order valence-electron chi connectivity index (χ0n) is 12.7. The number of hydrogen-bond donors (Lipinski definition) is 3. The number of hydrazine groups is 1. The summed E-state index contributed by atoms with van der Waals surface area (Å²) in [7, 11) is 0. The van der Waals surface area contributed by atoms with Crippen molar-refractivity contribution < 1.29 is 4.39 Å². The van der Waals surface area contributed by atoms with Crippen LogP contribution in [0.5, 0.6) is 0 Å². The number of halogens is 1. The number of aromatic nitrogens is 2. The van der Waals surface area contributed by atoms with Crippen LogP contribution in [0.4, 0.5) is 21.7 Å². The molecule has 0 radical (unpaired) electrons. The van der Waals surface area contributed by atoms with Crippen molar-refractivity contribution in [3.63, 3.8) is 0 Å². The van der Waals surface area contributed by atoms with Crippen molar-refractivity contribution >= 4 is 17.3 Å². The van der Waals surface area contributed by atoms with Crippen molar-refractivity contribution in [2.24, 2.45) is 5.84 Å². The number of nitrogen functional groups attached to an aromatic ring is 1. The van der Waals surface area contributed by atoms with Gasteiger partial charge in [0.2, 0.25) is 0 Å². The second kappa shape index (κ2) is 5.65. The van der Waals surface area contributed by atoms with E-state index < -0.39 is 0 Å². The van der Waals surface area contributed by atoms with Gasteiger partial charge in [0, 0.05) is 17.2 Å². The Hall–Kier alpha value is -2.21. The molecule has 2 aromatic rings. The lowest BCUT2D eigenvalue weighted by molar-refractivity contribution is 0.547. The molecule has 0 saturated heterocycles. The molecule has 112 valence electrons. The van der Waals surface area contributed by atoms with Crippen LogP contribution >= 0.6 is 0 Å². The molecule has 0 atom stereocenters. The molecular weight excluding hydrogens is 269 g/mol. The van der Waals surface area contributed by atoms with Gasteiger partial charge in [0.05, 0.1) is 0 Å². The molecule has 2 rings (SSSR count). The van der Waals surface area contributed by atoms with Gasteiger partial charge in [-0.25, -0.2) is 20.2 Å². The molecule has 5 nitrogen and oxygen atoms in total. The minimum atomic E-state index is -0.301. The van der Waals surface area contributed by atoms with Crippen LogP contribution in [0, 0.1) is 12.7 Å². The molecule has 1 aromatic carbocycles. The first-order chi connectivity index (χ1) is 9.79. The lowest BCUT2D eigenvalue weighted by Gasteiger charge is -2.19. The molecule has 21 heavy (non-hydrogen) atoms. The highest BCUT2D eigenvalue weighted by Gasteiger charge is 2.19. The Morgan fingerprint density at radius 1 is 1.10 bits per heavy atom. The highest BCUT2D eigenvalue weighted by atomic mass is 19.1. The number of aryl methyl sites for hydroxylation is 1. The van der Waals surface area contributed by atoms with Crippen LogP contribution in [0.15, 0.2) is 24.3 Å². The quantitative estimate of drug-likeness (QED) is 0.597. The van der Waals surface area contributed by atoms with Gasteiger partial charge in [0.1, 0.15) is 23.3 Å². The summed E-state index contributed by atoms with van der Waals surface area (Å²) in [5.74, 6) is 6.87. The van der Waals surface area contributed by atoms with Crippen molar-refractivity contribution in [1.82, 2.24) is 9.97 Å². The Morgan fingerprint density at radius 2 is 1.76 bits per heavy atom. The fourth-order valence-corrected chi connectivity index (χ4v) is 1.79. The van der Waals surface area contributed by atoms with Gasteiger partial charge in [-0.3, -0.25) is 0 Å². The number of hydrogen-bond acceptors (Lipinski definition) is 5. The molecule has 4 N–H and O–H groups in total. The molecule has 0 saturated carbocycles. The summed E-state index contributed by atoms with van der Waals surface area (Å²) in [5.41, 5.74) is 3.89. The summed E-state index contributed by atoms with van der Waals surface area (Å²) in [6.07, 6.45) is 0. The second-order valence-corrected chi connectivity index (χ2v) is 5.94. The van der Waals surface area contributed by atoms with Crippen molar-refractivity contribution in [3.05, 3.63) is 41.5 Å². The fraction of sp³-hybridized carbons (Fsp3) is 0.333. The highest BCUT2D eigenvalue weighted by molar-refractivity contribution is 5.62. The SMILES string of the molecule is Cc1ccc(F)cc1Nc1cc(NN)nc(C(C)(C)C)n1. The lowest BCUT2D eigenvalue weighted by atomic mass is 9.96. The van der Waals surface area contributed by atoms with Crippen molar-refractivity contribution in [2.75, 3.05) is 10.7 Å². The van der Waals surface area contributed by atoms with E-state index in [1.807, 2.05) is 27.7 Å². The van der Waals surface area contributed by atoms with Gasteiger partial charge < -0.3 is 10.7 Å². The van der Waals surface area contributed by atoms with Crippen molar-refractivity contribution in [1.29, 1.82) is 0 Å². The van der Waals surface area contributed by atoms with Gasteiger partial charge in [-0.15, -0.1) is 0 Å². The van der Waals surface area contributed by atoms with E-state index in [9.17, 15) is 4.39 Å². The maximum Gasteiger partial charge on any atom is 0.145 e. The first-order valence-electron chi connectivity index (χ1n) is 6.69. The predicted molar refractivity (Wildman–Crippen MR) is 83.0 cm³/mol. The number of rotatable bonds is 3. The second-order valence-electron chi connectivity index (χ2n) is 5.94. The molecule has 1 aromatic heterocycles. The van der Waals surface area contributed by atoms with E-state index in [4.69, 9.17) is 5.84 Å². The molecule has 1 heterocycles. The number of anilines is 3. The summed E-state index contributed by atoms with van der Waals surface area (Å²) < 4.78 is 13.4. The zero-order valence-corrected chi connectivity index (χ0v) is 12.7. The number of nitrogens with one attached hydrogen (secondary N) is 2. The third-order valence-electron chi connectivity index (χ3n) is 3.01. The largest absolute Gasteiger partial charge is 0.340 e. The summed E-state index contributed by atoms with van der Waals surface area (Å²) in [5, 5.41) is 3.11. The molecule has 0 unspecified atom stereocenters. The zero-order chi connectivity index (χ0) is 15.6. The van der Waals surface area contributed by atoms with Crippen LogP contribution in [0.3, 0.4) is 0 Å². The molecule has 0 aliphatic heterocycles. The van der Waals surface area contributed by atoms with E-state index in [0.717, 1.165) is 5.56 Å². The summed E-state index contributed by atoms with van der Waals surface area (Å²) >= 11 is 0. The molecule has 0 spiro atoms. The average Bonchev–Trinajstić information content (AvgIpc) is 2.41. The molecule has 0 aliphatic carbocycles. The minimum Gasteiger partial charge on any atom is -0.340 e. The van der Waals surface area contributed by atoms with Gasteiger partial charge in [-0.05, 0) is 24.6 Å². The van der Waals surface area contributed by atoms with Crippen LogP contribution in [0.2, 0.25) is 0 Å². The summed E-state index contributed by atoms with van der Waals surface area (Å²) in [4.78, 5) is 8.82. The Morgan fingerprint density at radius 3 is 2.38 bits per heavy atom. The number of nitrogens with zero attached hydrogens (tertiary/aromatic N) is 2. The van der Waals surface area contributed by atoms with Crippen LogP contribution in [-0.2, 0) is 5.41 Å². The lowest BCUT2D eigenvalue weighted by Crippen LogP contribution is -2.19. The Kier molecular flexibility index (Phi) is 4.09. The maximum absolute atomic E-state index is 13.4. The van der Waals surface area contributed by atoms with Crippen LogP contribution in [0.25, 0.3) is 0 Å². The Labute approximate surface area is 123 Å². The van der Waals surface area contributed by atoms with E-state index in [1.54, 1.807) is 12.1 Å². The minimum absolute atomic E-state index is 0.222. The maximum atomic E-state index is 13.4. The van der Waals surface area contributed by atoms with Gasteiger partial charge >= 0.3 is 0 Å². The van der Waals surface area contributed by atoms with Crippen LogP contribution in [-0.4, -0.2) is 9.97 Å². The van der Waals surface area contributed by atoms with Gasteiger partial charge in [-0.1, -0.05) is 26.8 Å². The van der Waals surface area contributed by atoms with Gasteiger partial charge in [0.15, 0.2) is 0 Å². The molecule has 0 amide bonds. The molecule has 6 heteroatoms. The standard InChI is InChI=1S/C15H20FN5/c1-9-5-6-10(16)7-11(9)18-12-8-13(21-17)20-14(19-12)15(2,3)4/h5-8H,17H2,1-4H3,(H2,18,19,20,21). The van der Waals surface area contributed by atoms with Gasteiger partial charge in [-0.2, -0.15) is 0 Å². The monoisotopic (exact) mass is 289 g/mol. The smallest absolute Gasteiger partial charge is 0.145 e.